The molecule has 3 heterocycles. The van der Waals surface area contributed by atoms with E-state index in [4.69, 9.17) is 9.15 Å². The van der Waals surface area contributed by atoms with E-state index in [1.807, 2.05) is 30.9 Å². The first-order chi connectivity index (χ1) is 17.0. The number of H-pyrrole nitrogens is 1. The lowest BCUT2D eigenvalue weighted by Gasteiger charge is -2.51. The van der Waals surface area contributed by atoms with Crippen LogP contribution in [-0.4, -0.2) is 54.0 Å². The topological polar surface area (TPSA) is 61.7 Å². The highest BCUT2D eigenvalue weighted by molar-refractivity contribution is 5.94. The largest absolute Gasteiger partial charge is 0.497 e. The summed E-state index contributed by atoms with van der Waals surface area (Å²) in [5.41, 5.74) is 5.81. The number of amides is 1. The molecule has 0 radical (unpaired) electrons. The molecular formula is C29H37N3O3. The number of ether oxygens (including phenoxy) is 1. The van der Waals surface area contributed by atoms with Gasteiger partial charge in [-0.15, -0.1) is 0 Å². The Balaban J connectivity index is 1.53. The van der Waals surface area contributed by atoms with E-state index in [-0.39, 0.29) is 11.3 Å². The number of carbonyl (C=O) groups is 1. The third-order valence-electron chi connectivity index (χ3n) is 8.41. The molecule has 2 aromatic heterocycles. The molecule has 2 aliphatic rings. The Labute approximate surface area is 208 Å². The van der Waals surface area contributed by atoms with Crippen molar-refractivity contribution in [2.45, 2.75) is 52.0 Å². The minimum Gasteiger partial charge on any atom is -0.497 e. The SMILES string of the molecule is CCN(CC)C(=O)c1[nH]c2c(c1C)C[C@@H]1CN(Cc3ccco3)CC[C@@]1(c1cccc(OC)c1)C2. The van der Waals surface area contributed by atoms with Crippen molar-refractivity contribution >= 4 is 5.91 Å². The van der Waals surface area contributed by atoms with Crippen LogP contribution >= 0.6 is 0 Å². The number of benzene rings is 1. The molecule has 3 aromatic rings. The Morgan fingerprint density at radius 2 is 2.09 bits per heavy atom. The van der Waals surface area contributed by atoms with Crippen LogP contribution in [0.1, 0.15) is 58.9 Å². The Hall–Kier alpha value is -2.99. The quantitative estimate of drug-likeness (QED) is 0.524. The van der Waals surface area contributed by atoms with Gasteiger partial charge in [0.1, 0.15) is 17.2 Å². The number of methoxy groups -OCH3 is 1. The summed E-state index contributed by atoms with van der Waals surface area (Å²) in [7, 11) is 1.73. The number of nitrogens with zero attached hydrogens (tertiary/aromatic N) is 2. The summed E-state index contributed by atoms with van der Waals surface area (Å²) in [6, 6.07) is 12.6. The molecule has 1 aromatic carbocycles. The van der Waals surface area contributed by atoms with Crippen molar-refractivity contribution in [1.29, 1.82) is 0 Å². The van der Waals surface area contributed by atoms with Crippen LogP contribution in [0.4, 0.5) is 0 Å². The molecule has 0 unspecified atom stereocenters. The molecule has 1 aliphatic heterocycles. The van der Waals surface area contributed by atoms with Gasteiger partial charge in [-0.1, -0.05) is 12.1 Å². The maximum absolute atomic E-state index is 13.3. The van der Waals surface area contributed by atoms with Crippen molar-refractivity contribution in [2.24, 2.45) is 5.92 Å². The molecule has 5 rings (SSSR count). The summed E-state index contributed by atoms with van der Waals surface area (Å²) in [6.45, 7) is 10.5. The molecule has 0 spiro atoms. The van der Waals surface area contributed by atoms with E-state index < -0.39 is 0 Å². The maximum atomic E-state index is 13.3. The zero-order valence-electron chi connectivity index (χ0n) is 21.4. The van der Waals surface area contributed by atoms with Gasteiger partial charge in [-0.2, -0.15) is 0 Å². The first-order valence-corrected chi connectivity index (χ1v) is 12.9. The van der Waals surface area contributed by atoms with Crippen LogP contribution in [0.2, 0.25) is 0 Å². The minimum absolute atomic E-state index is 0.00795. The zero-order valence-corrected chi connectivity index (χ0v) is 21.4. The van der Waals surface area contributed by atoms with Crippen molar-refractivity contribution in [3.63, 3.8) is 0 Å². The van der Waals surface area contributed by atoms with Crippen LogP contribution in [0.25, 0.3) is 0 Å². The average molecular weight is 476 g/mol. The first-order valence-electron chi connectivity index (χ1n) is 12.9. The molecule has 0 saturated carbocycles. The fourth-order valence-corrected chi connectivity index (χ4v) is 6.38. The van der Waals surface area contributed by atoms with Crippen molar-refractivity contribution < 1.29 is 13.9 Å². The predicted octanol–water partition coefficient (Wildman–Crippen LogP) is 4.97. The second-order valence-electron chi connectivity index (χ2n) is 10.1. The predicted molar refractivity (Wildman–Crippen MR) is 137 cm³/mol. The van der Waals surface area contributed by atoms with Crippen LogP contribution in [0.5, 0.6) is 5.75 Å². The number of carbonyl (C=O) groups excluding carboxylic acids is 1. The van der Waals surface area contributed by atoms with Crippen LogP contribution in [0.3, 0.4) is 0 Å². The van der Waals surface area contributed by atoms with Crippen molar-refractivity contribution in [3.05, 3.63) is 76.5 Å². The van der Waals surface area contributed by atoms with E-state index in [1.165, 1.54) is 16.8 Å². The van der Waals surface area contributed by atoms with Gasteiger partial charge in [0, 0.05) is 30.7 Å². The van der Waals surface area contributed by atoms with Crippen molar-refractivity contribution in [2.75, 3.05) is 33.3 Å². The number of likely N-dealkylation sites (tertiary alicyclic amines) is 1. The van der Waals surface area contributed by atoms with E-state index in [2.05, 4.69) is 41.1 Å². The number of furan rings is 1. The second kappa shape index (κ2) is 9.57. The number of nitrogens with one attached hydrogen (secondary N) is 1. The standard InChI is InChI=1S/C29H37N3O3/c1-5-32(6-2)28(33)27-20(3)25-16-22-18-31(19-24-11-8-14-35-24)13-12-29(22,17-26(25)30-27)21-9-7-10-23(15-21)34-4/h7-11,14-15,22,30H,5-6,12-13,16-19H2,1-4H3/t22-,29+/m1/s1. The second-order valence-corrected chi connectivity index (χ2v) is 10.1. The molecule has 1 fully saturated rings. The van der Waals surface area contributed by atoms with Gasteiger partial charge in [0.05, 0.1) is 19.9 Å². The maximum Gasteiger partial charge on any atom is 0.270 e. The van der Waals surface area contributed by atoms with E-state index in [9.17, 15) is 4.79 Å². The van der Waals surface area contributed by atoms with Gasteiger partial charge in [0.15, 0.2) is 0 Å². The third-order valence-corrected chi connectivity index (χ3v) is 8.41. The Morgan fingerprint density at radius 3 is 2.80 bits per heavy atom. The summed E-state index contributed by atoms with van der Waals surface area (Å²) in [4.78, 5) is 21.3. The number of fused-ring (bicyclic) bond motifs is 2. The fourth-order valence-electron chi connectivity index (χ4n) is 6.38. The lowest BCUT2D eigenvalue weighted by molar-refractivity contribution is 0.0715. The highest BCUT2D eigenvalue weighted by Gasteiger charge is 2.48. The summed E-state index contributed by atoms with van der Waals surface area (Å²) < 4.78 is 11.3. The van der Waals surface area contributed by atoms with E-state index >= 15 is 0 Å². The number of hydrogen-bond acceptors (Lipinski definition) is 4. The Morgan fingerprint density at radius 1 is 1.26 bits per heavy atom. The van der Waals surface area contributed by atoms with Gasteiger partial charge in [-0.05, 0) is 93.5 Å². The summed E-state index contributed by atoms with van der Waals surface area (Å²) in [5.74, 6) is 2.47. The van der Waals surface area contributed by atoms with Gasteiger partial charge in [-0.25, -0.2) is 0 Å². The van der Waals surface area contributed by atoms with Crippen molar-refractivity contribution in [1.82, 2.24) is 14.8 Å². The van der Waals surface area contributed by atoms with Gasteiger partial charge >= 0.3 is 0 Å². The number of aromatic nitrogens is 1. The van der Waals surface area contributed by atoms with Crippen LogP contribution in [0.15, 0.2) is 47.1 Å². The van der Waals surface area contributed by atoms with Crippen LogP contribution in [0, 0.1) is 12.8 Å². The molecular weight excluding hydrogens is 438 g/mol. The molecule has 35 heavy (non-hydrogen) atoms. The minimum atomic E-state index is 0.00795. The third kappa shape index (κ3) is 4.18. The number of rotatable bonds is 7. The lowest BCUT2D eigenvalue weighted by Crippen LogP contribution is -2.53. The molecule has 1 amide bonds. The summed E-state index contributed by atoms with van der Waals surface area (Å²) in [5, 5.41) is 0. The monoisotopic (exact) mass is 475 g/mol. The summed E-state index contributed by atoms with van der Waals surface area (Å²) in [6.07, 6.45) is 4.70. The normalized spacial score (nSPS) is 21.9. The van der Waals surface area contributed by atoms with E-state index in [0.717, 1.165) is 74.8 Å². The molecule has 1 aliphatic carbocycles. The Kier molecular flexibility index (Phi) is 6.49. The van der Waals surface area contributed by atoms with Gasteiger partial charge in [-0.3, -0.25) is 9.69 Å². The van der Waals surface area contributed by atoms with E-state index in [1.54, 1.807) is 13.4 Å². The highest BCUT2D eigenvalue weighted by atomic mass is 16.5. The molecule has 1 N–H and O–H groups in total. The summed E-state index contributed by atoms with van der Waals surface area (Å²) >= 11 is 0. The molecule has 1 saturated heterocycles. The number of hydrogen-bond donors (Lipinski definition) is 1. The lowest BCUT2D eigenvalue weighted by atomic mass is 9.58. The van der Waals surface area contributed by atoms with Gasteiger partial charge in [0.2, 0.25) is 0 Å². The number of aromatic amines is 1. The fraction of sp³-hybridized carbons (Fsp3) is 0.483. The average Bonchev–Trinajstić information content (AvgIpc) is 3.51. The van der Waals surface area contributed by atoms with E-state index in [0.29, 0.717) is 5.92 Å². The van der Waals surface area contributed by atoms with Crippen LogP contribution < -0.4 is 4.74 Å². The molecule has 0 bridgehead atoms. The van der Waals surface area contributed by atoms with Crippen molar-refractivity contribution in [3.8, 4) is 5.75 Å². The highest BCUT2D eigenvalue weighted by Crippen LogP contribution is 2.49. The molecule has 6 nitrogen and oxygen atoms in total. The molecule has 186 valence electrons. The number of piperidine rings is 1. The smallest absolute Gasteiger partial charge is 0.270 e. The Bertz CT molecular complexity index is 1180. The molecule has 2 atom stereocenters. The van der Waals surface area contributed by atoms with Gasteiger partial charge in [0.25, 0.3) is 5.91 Å². The van der Waals surface area contributed by atoms with Gasteiger partial charge < -0.3 is 19.0 Å². The van der Waals surface area contributed by atoms with Crippen LogP contribution in [-0.2, 0) is 24.8 Å². The zero-order chi connectivity index (χ0) is 24.6. The first kappa shape index (κ1) is 23.7. The molecule has 6 heteroatoms.